The van der Waals surface area contributed by atoms with E-state index >= 15 is 0 Å². The average Bonchev–Trinajstić information content (AvgIpc) is 2.63. The number of phenolic OH excluding ortho intramolecular Hbond substituents is 1. The van der Waals surface area contributed by atoms with Crippen molar-refractivity contribution in [3.05, 3.63) is 42.2 Å². The summed E-state index contributed by atoms with van der Waals surface area (Å²) >= 11 is 0. The second-order valence-corrected chi connectivity index (χ2v) is 3.80. The third-order valence-corrected chi connectivity index (χ3v) is 2.26. The Morgan fingerprint density at radius 2 is 2.35 bits per heavy atom. The second-order valence-electron chi connectivity index (χ2n) is 3.80. The normalized spacial score (nSPS) is 10.2. The molecule has 17 heavy (non-hydrogen) atoms. The molecule has 5 nitrogen and oxygen atoms in total. The van der Waals surface area contributed by atoms with E-state index in [1.807, 2.05) is 0 Å². The highest BCUT2D eigenvalue weighted by Gasteiger charge is 2.05. The van der Waals surface area contributed by atoms with E-state index < -0.39 is 0 Å². The first kappa shape index (κ1) is 11.2. The van der Waals surface area contributed by atoms with Crippen LogP contribution in [0.25, 0.3) is 0 Å². The number of aromatic hydroxyl groups is 1. The standard InChI is InChI=1S/C12H13N3O2/c1-15-8-10(7-13-15)14-12(17)6-9-3-2-4-11(16)5-9/h2-5,7-8,16H,6H2,1H3,(H,14,17). The minimum Gasteiger partial charge on any atom is -0.508 e. The Morgan fingerprint density at radius 1 is 1.53 bits per heavy atom. The van der Waals surface area contributed by atoms with Crippen molar-refractivity contribution in [1.82, 2.24) is 9.78 Å². The molecule has 0 radical (unpaired) electrons. The van der Waals surface area contributed by atoms with Gasteiger partial charge in [0.05, 0.1) is 18.3 Å². The molecule has 2 rings (SSSR count). The lowest BCUT2D eigenvalue weighted by molar-refractivity contribution is -0.115. The van der Waals surface area contributed by atoms with Gasteiger partial charge in [0, 0.05) is 13.2 Å². The maximum atomic E-state index is 11.7. The van der Waals surface area contributed by atoms with Gasteiger partial charge in [-0.25, -0.2) is 0 Å². The van der Waals surface area contributed by atoms with Gasteiger partial charge in [-0.3, -0.25) is 9.48 Å². The van der Waals surface area contributed by atoms with Gasteiger partial charge >= 0.3 is 0 Å². The number of aryl methyl sites for hydroxylation is 1. The summed E-state index contributed by atoms with van der Waals surface area (Å²) in [5.74, 6) is 0.0280. The second kappa shape index (κ2) is 4.69. The number of rotatable bonds is 3. The van der Waals surface area contributed by atoms with Crippen LogP contribution in [0, 0.1) is 0 Å². The van der Waals surface area contributed by atoms with E-state index in [-0.39, 0.29) is 18.1 Å². The molecule has 0 aliphatic carbocycles. The summed E-state index contributed by atoms with van der Waals surface area (Å²) in [4.78, 5) is 11.7. The van der Waals surface area contributed by atoms with Crippen molar-refractivity contribution in [3.63, 3.8) is 0 Å². The summed E-state index contributed by atoms with van der Waals surface area (Å²) in [5.41, 5.74) is 1.43. The molecule has 0 fully saturated rings. The summed E-state index contributed by atoms with van der Waals surface area (Å²) in [6.07, 6.45) is 3.53. The predicted molar refractivity (Wildman–Crippen MR) is 63.6 cm³/mol. The molecular weight excluding hydrogens is 218 g/mol. The van der Waals surface area contributed by atoms with Crippen LogP contribution in [0.5, 0.6) is 5.75 Å². The van der Waals surface area contributed by atoms with Gasteiger partial charge in [-0.1, -0.05) is 12.1 Å². The fourth-order valence-corrected chi connectivity index (χ4v) is 1.54. The summed E-state index contributed by atoms with van der Waals surface area (Å²) < 4.78 is 1.62. The molecule has 1 amide bonds. The molecule has 0 saturated heterocycles. The highest BCUT2D eigenvalue weighted by Crippen LogP contribution is 2.12. The molecule has 0 bridgehead atoms. The highest BCUT2D eigenvalue weighted by atomic mass is 16.3. The maximum Gasteiger partial charge on any atom is 0.228 e. The molecule has 0 atom stereocenters. The van der Waals surface area contributed by atoms with E-state index in [0.29, 0.717) is 5.69 Å². The average molecular weight is 231 g/mol. The van der Waals surface area contributed by atoms with Gasteiger partial charge < -0.3 is 10.4 Å². The van der Waals surface area contributed by atoms with E-state index in [0.717, 1.165) is 5.56 Å². The van der Waals surface area contributed by atoms with Gasteiger partial charge in [0.2, 0.25) is 5.91 Å². The molecule has 0 spiro atoms. The zero-order chi connectivity index (χ0) is 12.3. The van der Waals surface area contributed by atoms with Gasteiger partial charge in [0.1, 0.15) is 5.75 Å². The summed E-state index contributed by atoms with van der Waals surface area (Å²) in [7, 11) is 1.78. The zero-order valence-corrected chi connectivity index (χ0v) is 9.42. The van der Waals surface area contributed by atoms with Gasteiger partial charge in [-0.2, -0.15) is 5.10 Å². The van der Waals surface area contributed by atoms with Crippen molar-refractivity contribution in [2.45, 2.75) is 6.42 Å². The number of nitrogens with zero attached hydrogens (tertiary/aromatic N) is 2. The maximum absolute atomic E-state index is 11.7. The molecule has 0 aliphatic heterocycles. The molecule has 0 aliphatic rings. The number of amides is 1. The van der Waals surface area contributed by atoms with Crippen LogP contribution in [0.4, 0.5) is 5.69 Å². The van der Waals surface area contributed by atoms with E-state index in [2.05, 4.69) is 10.4 Å². The fraction of sp³-hybridized carbons (Fsp3) is 0.167. The summed E-state index contributed by atoms with van der Waals surface area (Å²) in [6.45, 7) is 0. The van der Waals surface area contributed by atoms with Gasteiger partial charge in [0.15, 0.2) is 0 Å². The Morgan fingerprint density at radius 3 is 3.00 bits per heavy atom. The Kier molecular flexibility index (Phi) is 3.09. The highest BCUT2D eigenvalue weighted by molar-refractivity contribution is 5.92. The molecule has 1 aromatic carbocycles. The Labute approximate surface area is 98.7 Å². The SMILES string of the molecule is Cn1cc(NC(=O)Cc2cccc(O)c2)cn1. The first-order valence-corrected chi connectivity index (χ1v) is 5.20. The Bertz CT molecular complexity index is 534. The lowest BCUT2D eigenvalue weighted by Gasteiger charge is -2.02. The van der Waals surface area contributed by atoms with Crippen molar-refractivity contribution in [2.24, 2.45) is 7.05 Å². The number of anilines is 1. The van der Waals surface area contributed by atoms with Crippen LogP contribution in [0.15, 0.2) is 36.7 Å². The first-order chi connectivity index (χ1) is 8.13. The van der Waals surface area contributed by atoms with Gasteiger partial charge in [-0.05, 0) is 17.7 Å². The van der Waals surface area contributed by atoms with E-state index in [1.165, 1.54) is 0 Å². The van der Waals surface area contributed by atoms with Crippen LogP contribution in [0.3, 0.4) is 0 Å². The van der Waals surface area contributed by atoms with Crippen LogP contribution in [0.1, 0.15) is 5.56 Å². The minimum atomic E-state index is -0.136. The Balaban J connectivity index is 1.98. The number of phenols is 1. The third kappa shape index (κ3) is 3.07. The van der Waals surface area contributed by atoms with E-state index in [1.54, 1.807) is 48.4 Å². The van der Waals surface area contributed by atoms with Crippen molar-refractivity contribution in [1.29, 1.82) is 0 Å². The molecule has 1 aromatic heterocycles. The largest absolute Gasteiger partial charge is 0.508 e. The lowest BCUT2D eigenvalue weighted by Crippen LogP contribution is -2.13. The number of benzene rings is 1. The molecule has 2 N–H and O–H groups in total. The van der Waals surface area contributed by atoms with E-state index in [4.69, 9.17) is 0 Å². The van der Waals surface area contributed by atoms with Crippen LogP contribution >= 0.6 is 0 Å². The lowest BCUT2D eigenvalue weighted by atomic mass is 10.1. The molecule has 0 unspecified atom stereocenters. The quantitative estimate of drug-likeness (QED) is 0.836. The molecule has 5 heteroatoms. The van der Waals surface area contributed by atoms with Crippen LogP contribution in [-0.2, 0) is 18.3 Å². The van der Waals surface area contributed by atoms with E-state index in [9.17, 15) is 9.90 Å². The Hall–Kier alpha value is -2.30. The van der Waals surface area contributed by atoms with Crippen molar-refractivity contribution < 1.29 is 9.90 Å². The predicted octanol–water partition coefficient (Wildman–Crippen LogP) is 1.31. The van der Waals surface area contributed by atoms with Gasteiger partial charge in [0.25, 0.3) is 0 Å². The van der Waals surface area contributed by atoms with Crippen molar-refractivity contribution in [3.8, 4) is 5.75 Å². The summed E-state index contributed by atoms with van der Waals surface area (Å²) in [6, 6.07) is 6.65. The molecule has 0 saturated carbocycles. The topological polar surface area (TPSA) is 67.2 Å². The molecule has 2 aromatic rings. The fourth-order valence-electron chi connectivity index (χ4n) is 1.54. The van der Waals surface area contributed by atoms with Crippen molar-refractivity contribution >= 4 is 11.6 Å². The van der Waals surface area contributed by atoms with Crippen LogP contribution in [0.2, 0.25) is 0 Å². The number of aromatic nitrogens is 2. The van der Waals surface area contributed by atoms with Crippen LogP contribution in [-0.4, -0.2) is 20.8 Å². The minimum absolute atomic E-state index is 0.136. The first-order valence-electron chi connectivity index (χ1n) is 5.20. The smallest absolute Gasteiger partial charge is 0.228 e. The molecule has 1 heterocycles. The number of hydrogen-bond acceptors (Lipinski definition) is 3. The summed E-state index contributed by atoms with van der Waals surface area (Å²) in [5, 5.41) is 16.0. The van der Waals surface area contributed by atoms with Crippen LogP contribution < -0.4 is 5.32 Å². The number of nitrogens with one attached hydrogen (secondary N) is 1. The van der Waals surface area contributed by atoms with Gasteiger partial charge in [-0.15, -0.1) is 0 Å². The number of carbonyl (C=O) groups excluding carboxylic acids is 1. The number of carbonyl (C=O) groups is 1. The molecular formula is C12H13N3O2. The zero-order valence-electron chi connectivity index (χ0n) is 9.42. The van der Waals surface area contributed by atoms with Crippen molar-refractivity contribution in [2.75, 3.05) is 5.32 Å². The third-order valence-electron chi connectivity index (χ3n) is 2.26. The number of hydrogen-bond donors (Lipinski definition) is 2. The molecule has 88 valence electrons. The monoisotopic (exact) mass is 231 g/mol.